The van der Waals surface area contributed by atoms with Gasteiger partial charge in [0.2, 0.25) is 0 Å². The lowest BCUT2D eigenvalue weighted by atomic mass is 9.99. The average Bonchev–Trinajstić information content (AvgIpc) is 2.17. The Balaban J connectivity index is 3.14. The highest BCUT2D eigenvalue weighted by Gasteiger charge is 2.21. The molecule has 0 aromatic carbocycles. The number of aryl methyl sites for hydroxylation is 1. The minimum Gasteiger partial charge on any atom is -0.319 e. The van der Waals surface area contributed by atoms with E-state index in [0.717, 1.165) is 25.0 Å². The lowest BCUT2D eigenvalue weighted by Gasteiger charge is -2.21. The molecule has 4 heteroatoms. The lowest BCUT2D eigenvalue weighted by molar-refractivity contribution is 0.441. The normalized spacial score (nSPS) is 14.9. The summed E-state index contributed by atoms with van der Waals surface area (Å²) in [7, 11) is 0. The molecular formula is C11H19N3O. The largest absolute Gasteiger partial charge is 0.319 e. The first kappa shape index (κ1) is 11.9. The second-order valence-corrected chi connectivity index (χ2v) is 4.11. The molecule has 1 aromatic heterocycles. The van der Waals surface area contributed by atoms with E-state index >= 15 is 0 Å². The second kappa shape index (κ2) is 4.57. The maximum Gasteiger partial charge on any atom is 0.251 e. The molecule has 3 N–H and O–H groups in total. The van der Waals surface area contributed by atoms with Gasteiger partial charge in [-0.2, -0.15) is 0 Å². The molecule has 1 unspecified atom stereocenters. The van der Waals surface area contributed by atoms with Crippen molar-refractivity contribution in [2.45, 2.75) is 45.6 Å². The Morgan fingerprint density at radius 1 is 1.53 bits per heavy atom. The summed E-state index contributed by atoms with van der Waals surface area (Å²) < 4.78 is 0. The SMILES string of the molecule is CCCc1cc(=O)[nH]c(C(C)(N)CC)n1. The number of nitrogens with zero attached hydrogens (tertiary/aromatic N) is 1. The molecule has 84 valence electrons. The second-order valence-electron chi connectivity index (χ2n) is 4.11. The van der Waals surface area contributed by atoms with E-state index in [-0.39, 0.29) is 5.56 Å². The van der Waals surface area contributed by atoms with E-state index < -0.39 is 5.54 Å². The zero-order chi connectivity index (χ0) is 11.5. The topological polar surface area (TPSA) is 71.8 Å². The van der Waals surface area contributed by atoms with E-state index in [1.165, 1.54) is 0 Å². The first-order valence-corrected chi connectivity index (χ1v) is 5.39. The smallest absolute Gasteiger partial charge is 0.251 e. The van der Waals surface area contributed by atoms with Gasteiger partial charge in [-0.05, 0) is 19.8 Å². The molecule has 1 rings (SSSR count). The standard InChI is InChI=1S/C11H19N3O/c1-4-6-8-7-9(15)14-10(13-8)11(3,12)5-2/h7H,4-6,12H2,1-3H3,(H,13,14,15). The number of hydrogen-bond acceptors (Lipinski definition) is 3. The molecule has 0 bridgehead atoms. The van der Waals surface area contributed by atoms with Crippen LogP contribution in [0.4, 0.5) is 0 Å². The molecule has 1 aromatic rings. The third-order valence-corrected chi connectivity index (χ3v) is 2.58. The van der Waals surface area contributed by atoms with Crippen LogP contribution in [-0.4, -0.2) is 9.97 Å². The van der Waals surface area contributed by atoms with Crippen LogP contribution in [0, 0.1) is 0 Å². The number of H-pyrrole nitrogens is 1. The summed E-state index contributed by atoms with van der Waals surface area (Å²) in [5.74, 6) is 0.584. The van der Waals surface area contributed by atoms with Crippen molar-refractivity contribution < 1.29 is 0 Å². The first-order valence-electron chi connectivity index (χ1n) is 5.39. The summed E-state index contributed by atoms with van der Waals surface area (Å²) in [5.41, 5.74) is 6.19. The summed E-state index contributed by atoms with van der Waals surface area (Å²) in [6.07, 6.45) is 2.53. The van der Waals surface area contributed by atoms with Crippen LogP contribution < -0.4 is 11.3 Å². The molecular weight excluding hydrogens is 190 g/mol. The minimum atomic E-state index is -0.553. The monoisotopic (exact) mass is 209 g/mol. The van der Waals surface area contributed by atoms with Gasteiger partial charge in [0, 0.05) is 11.8 Å². The number of aromatic nitrogens is 2. The van der Waals surface area contributed by atoms with Crippen LogP contribution >= 0.6 is 0 Å². The van der Waals surface area contributed by atoms with Gasteiger partial charge >= 0.3 is 0 Å². The van der Waals surface area contributed by atoms with Gasteiger partial charge in [0.25, 0.3) is 5.56 Å². The Bertz CT molecular complexity index is 382. The maximum absolute atomic E-state index is 11.4. The summed E-state index contributed by atoms with van der Waals surface area (Å²) in [6.45, 7) is 5.91. The summed E-state index contributed by atoms with van der Waals surface area (Å²) in [5, 5.41) is 0. The summed E-state index contributed by atoms with van der Waals surface area (Å²) >= 11 is 0. The van der Waals surface area contributed by atoms with Crippen LogP contribution in [0.25, 0.3) is 0 Å². The molecule has 1 atom stereocenters. The molecule has 4 nitrogen and oxygen atoms in total. The van der Waals surface area contributed by atoms with Crippen LogP contribution in [0.2, 0.25) is 0 Å². The van der Waals surface area contributed by atoms with Gasteiger partial charge in [0.1, 0.15) is 5.82 Å². The molecule has 0 aliphatic carbocycles. The number of rotatable bonds is 4. The molecule has 0 spiro atoms. The van der Waals surface area contributed by atoms with Gasteiger partial charge in [0.05, 0.1) is 5.54 Å². The zero-order valence-electron chi connectivity index (χ0n) is 9.63. The van der Waals surface area contributed by atoms with Gasteiger partial charge in [-0.15, -0.1) is 0 Å². The number of hydrogen-bond donors (Lipinski definition) is 2. The van der Waals surface area contributed by atoms with E-state index in [0.29, 0.717) is 5.82 Å². The van der Waals surface area contributed by atoms with Crippen molar-refractivity contribution in [2.75, 3.05) is 0 Å². The Labute approximate surface area is 89.9 Å². The van der Waals surface area contributed by atoms with E-state index in [1.807, 2.05) is 13.8 Å². The third kappa shape index (κ3) is 2.89. The van der Waals surface area contributed by atoms with E-state index in [4.69, 9.17) is 5.73 Å². The van der Waals surface area contributed by atoms with Crippen LogP contribution in [0.1, 0.15) is 45.1 Å². The highest BCUT2D eigenvalue weighted by molar-refractivity contribution is 5.09. The molecule has 0 amide bonds. The van der Waals surface area contributed by atoms with Crippen molar-refractivity contribution in [2.24, 2.45) is 5.73 Å². The Hall–Kier alpha value is -1.16. The predicted molar refractivity (Wildman–Crippen MR) is 60.7 cm³/mol. The first-order chi connectivity index (χ1) is 6.99. The van der Waals surface area contributed by atoms with Gasteiger partial charge < -0.3 is 10.7 Å². The van der Waals surface area contributed by atoms with Crippen molar-refractivity contribution in [1.29, 1.82) is 0 Å². The fraction of sp³-hybridized carbons (Fsp3) is 0.636. The fourth-order valence-corrected chi connectivity index (χ4v) is 1.33. The Morgan fingerprint density at radius 2 is 2.20 bits per heavy atom. The van der Waals surface area contributed by atoms with Crippen LogP contribution in [-0.2, 0) is 12.0 Å². The average molecular weight is 209 g/mol. The van der Waals surface area contributed by atoms with E-state index in [9.17, 15) is 4.79 Å². The molecule has 0 aliphatic rings. The van der Waals surface area contributed by atoms with Gasteiger partial charge in [-0.3, -0.25) is 4.79 Å². The quantitative estimate of drug-likeness (QED) is 0.785. The van der Waals surface area contributed by atoms with Gasteiger partial charge in [0.15, 0.2) is 0 Å². The third-order valence-electron chi connectivity index (χ3n) is 2.58. The number of nitrogens with two attached hydrogens (primary N) is 1. The van der Waals surface area contributed by atoms with Crippen molar-refractivity contribution in [3.05, 3.63) is 27.9 Å². The Morgan fingerprint density at radius 3 is 2.73 bits per heavy atom. The fourth-order valence-electron chi connectivity index (χ4n) is 1.33. The van der Waals surface area contributed by atoms with Crippen molar-refractivity contribution in [1.82, 2.24) is 9.97 Å². The molecule has 0 fully saturated rings. The van der Waals surface area contributed by atoms with E-state index in [1.54, 1.807) is 6.07 Å². The van der Waals surface area contributed by atoms with Crippen LogP contribution in [0.3, 0.4) is 0 Å². The molecule has 0 saturated carbocycles. The van der Waals surface area contributed by atoms with Crippen molar-refractivity contribution in [3.63, 3.8) is 0 Å². The predicted octanol–water partition coefficient (Wildman–Crippen LogP) is 1.31. The molecule has 0 aliphatic heterocycles. The molecule has 15 heavy (non-hydrogen) atoms. The van der Waals surface area contributed by atoms with Crippen molar-refractivity contribution >= 4 is 0 Å². The zero-order valence-corrected chi connectivity index (χ0v) is 9.63. The van der Waals surface area contributed by atoms with Gasteiger partial charge in [-0.25, -0.2) is 4.98 Å². The number of aromatic amines is 1. The van der Waals surface area contributed by atoms with Crippen LogP contribution in [0.15, 0.2) is 10.9 Å². The number of nitrogens with one attached hydrogen (secondary N) is 1. The molecule has 0 radical (unpaired) electrons. The lowest BCUT2D eigenvalue weighted by Crippen LogP contribution is -2.36. The van der Waals surface area contributed by atoms with Crippen molar-refractivity contribution in [3.8, 4) is 0 Å². The molecule has 0 saturated heterocycles. The maximum atomic E-state index is 11.4. The minimum absolute atomic E-state index is 0.117. The summed E-state index contributed by atoms with van der Waals surface area (Å²) in [4.78, 5) is 18.5. The van der Waals surface area contributed by atoms with E-state index in [2.05, 4.69) is 16.9 Å². The summed E-state index contributed by atoms with van der Waals surface area (Å²) in [6, 6.07) is 1.54. The highest BCUT2D eigenvalue weighted by Crippen LogP contribution is 2.16. The van der Waals surface area contributed by atoms with Crippen LogP contribution in [0.5, 0.6) is 0 Å². The molecule has 1 heterocycles. The highest BCUT2D eigenvalue weighted by atomic mass is 16.1. The Kier molecular flexibility index (Phi) is 3.63. The van der Waals surface area contributed by atoms with Gasteiger partial charge in [-0.1, -0.05) is 20.3 Å².